The summed E-state index contributed by atoms with van der Waals surface area (Å²) in [6, 6.07) is 85.9. The van der Waals surface area contributed by atoms with Crippen molar-refractivity contribution < 1.29 is 0 Å². The monoisotopic (exact) mass is 746 g/mol. The van der Waals surface area contributed by atoms with Gasteiger partial charge in [0.2, 0.25) is 0 Å². The molecule has 11 aromatic rings. The molecule has 274 valence electrons. The molecule has 0 fully saturated rings. The summed E-state index contributed by atoms with van der Waals surface area (Å²) < 4.78 is 0. The normalized spacial score (nSPS) is 12.9. The second-order valence-corrected chi connectivity index (χ2v) is 16.0. The van der Waals surface area contributed by atoms with Gasteiger partial charge in [-0.15, -0.1) is 0 Å². The largest absolute Gasteiger partial charge is 0.0713 e. The second kappa shape index (κ2) is 13.3. The van der Waals surface area contributed by atoms with E-state index in [1.165, 1.54) is 110 Å². The van der Waals surface area contributed by atoms with Crippen molar-refractivity contribution in [2.75, 3.05) is 0 Å². The van der Waals surface area contributed by atoms with Crippen molar-refractivity contribution in [2.45, 2.75) is 5.41 Å². The van der Waals surface area contributed by atoms with Crippen LogP contribution in [0.4, 0.5) is 0 Å². The molecule has 1 aliphatic carbocycles. The van der Waals surface area contributed by atoms with Crippen LogP contribution in [0.3, 0.4) is 0 Å². The van der Waals surface area contributed by atoms with Crippen LogP contribution in [0.5, 0.6) is 0 Å². The summed E-state index contributed by atoms with van der Waals surface area (Å²) in [6.07, 6.45) is 0. The standard InChI is InChI=1S/C59H38/c1-5-14-39(15-6-1)47-34-48(40-16-7-2-8-17-40)36-50(35-47)44-29-31-54-53-30-28-43(49-32-45-26-24-41-18-13-19-42-25-27-46(33-49)58(45)57(41)42)37-55(53)59(56(54)38-44,51-20-9-3-10-21-51)52-22-11-4-12-23-52/h1-38H. The number of benzene rings is 11. The molecule has 0 saturated heterocycles. The molecule has 0 amide bonds. The number of rotatable bonds is 6. The number of hydrogen-bond acceptors (Lipinski definition) is 0. The summed E-state index contributed by atoms with van der Waals surface area (Å²) in [7, 11) is 0. The van der Waals surface area contributed by atoms with Gasteiger partial charge in [-0.3, -0.25) is 0 Å². The maximum atomic E-state index is 2.49. The Morgan fingerprint density at radius 1 is 0.220 bits per heavy atom. The first-order chi connectivity index (χ1) is 29.2. The number of hydrogen-bond donors (Lipinski definition) is 0. The van der Waals surface area contributed by atoms with Gasteiger partial charge in [0.15, 0.2) is 0 Å². The molecule has 0 atom stereocenters. The van der Waals surface area contributed by atoms with E-state index >= 15 is 0 Å². The van der Waals surface area contributed by atoms with Crippen molar-refractivity contribution in [3.8, 4) is 55.6 Å². The van der Waals surface area contributed by atoms with E-state index in [-0.39, 0.29) is 0 Å². The van der Waals surface area contributed by atoms with E-state index in [4.69, 9.17) is 0 Å². The minimum atomic E-state index is -0.547. The summed E-state index contributed by atoms with van der Waals surface area (Å²) in [4.78, 5) is 0. The summed E-state index contributed by atoms with van der Waals surface area (Å²) in [6.45, 7) is 0. The first-order valence-electron chi connectivity index (χ1n) is 20.6. The quantitative estimate of drug-likeness (QED) is 0.149. The summed E-state index contributed by atoms with van der Waals surface area (Å²) in [5.41, 5.74) is 16.9. The van der Waals surface area contributed by atoms with E-state index in [0.717, 1.165) is 0 Å². The molecule has 0 aliphatic heterocycles. The van der Waals surface area contributed by atoms with E-state index in [9.17, 15) is 0 Å². The molecular weight excluding hydrogens is 709 g/mol. The van der Waals surface area contributed by atoms with Crippen LogP contribution in [0, 0.1) is 0 Å². The molecule has 59 heavy (non-hydrogen) atoms. The van der Waals surface area contributed by atoms with Crippen LogP contribution in [0.15, 0.2) is 231 Å². The molecule has 0 heterocycles. The zero-order chi connectivity index (χ0) is 38.9. The maximum absolute atomic E-state index is 2.49. The van der Waals surface area contributed by atoms with Crippen molar-refractivity contribution >= 4 is 32.3 Å². The van der Waals surface area contributed by atoms with Crippen molar-refractivity contribution in [3.63, 3.8) is 0 Å². The average Bonchev–Trinajstić information content (AvgIpc) is 3.61. The Balaban J connectivity index is 1.10. The summed E-state index contributed by atoms with van der Waals surface area (Å²) in [5, 5.41) is 7.84. The highest BCUT2D eigenvalue weighted by molar-refractivity contribution is 6.23. The minimum absolute atomic E-state index is 0.547. The fourth-order valence-electron chi connectivity index (χ4n) is 10.2. The molecular formula is C59H38. The second-order valence-electron chi connectivity index (χ2n) is 16.0. The first kappa shape index (κ1) is 33.6. The Kier molecular flexibility index (Phi) is 7.55. The van der Waals surface area contributed by atoms with Crippen LogP contribution in [-0.4, -0.2) is 0 Å². The van der Waals surface area contributed by atoms with Crippen LogP contribution in [-0.2, 0) is 5.41 Å². The third-order valence-electron chi connectivity index (χ3n) is 12.8. The van der Waals surface area contributed by atoms with Crippen molar-refractivity contribution in [2.24, 2.45) is 0 Å². The van der Waals surface area contributed by atoms with Gasteiger partial charge in [-0.2, -0.15) is 0 Å². The highest BCUT2D eigenvalue weighted by Crippen LogP contribution is 2.57. The molecule has 11 aromatic carbocycles. The maximum Gasteiger partial charge on any atom is 0.0713 e. The molecule has 0 unspecified atom stereocenters. The lowest BCUT2D eigenvalue weighted by Crippen LogP contribution is -2.28. The van der Waals surface area contributed by atoms with Crippen LogP contribution in [0.2, 0.25) is 0 Å². The Morgan fingerprint density at radius 3 is 1.05 bits per heavy atom. The molecule has 0 N–H and O–H groups in total. The topological polar surface area (TPSA) is 0 Å². The molecule has 0 heteroatoms. The molecule has 0 aromatic heterocycles. The molecule has 0 spiro atoms. The van der Waals surface area contributed by atoms with Crippen molar-refractivity contribution in [3.05, 3.63) is 253 Å². The first-order valence-corrected chi connectivity index (χ1v) is 20.6. The molecule has 1 aliphatic rings. The van der Waals surface area contributed by atoms with Gasteiger partial charge in [-0.05, 0) is 153 Å². The van der Waals surface area contributed by atoms with Crippen LogP contribution >= 0.6 is 0 Å². The van der Waals surface area contributed by atoms with Crippen molar-refractivity contribution in [1.29, 1.82) is 0 Å². The Morgan fingerprint density at radius 2 is 0.593 bits per heavy atom. The molecule has 0 bridgehead atoms. The fourth-order valence-corrected chi connectivity index (χ4v) is 10.2. The van der Waals surface area contributed by atoms with Gasteiger partial charge in [0.25, 0.3) is 0 Å². The van der Waals surface area contributed by atoms with Crippen LogP contribution < -0.4 is 0 Å². The van der Waals surface area contributed by atoms with E-state index in [2.05, 4.69) is 231 Å². The van der Waals surface area contributed by atoms with Crippen LogP contribution in [0.1, 0.15) is 22.3 Å². The van der Waals surface area contributed by atoms with Crippen molar-refractivity contribution in [1.82, 2.24) is 0 Å². The third kappa shape index (κ3) is 5.23. The lowest BCUT2D eigenvalue weighted by atomic mass is 9.67. The predicted octanol–water partition coefficient (Wildman–Crippen LogP) is 15.6. The SMILES string of the molecule is c1ccc(-c2cc(-c3ccccc3)cc(-c3ccc4c(c3)C(c3ccccc3)(c3ccccc3)c3cc(-c5cc6ccc7cccc8ccc(c5)c6c78)ccc3-4)c2)cc1. The van der Waals surface area contributed by atoms with E-state index in [0.29, 0.717) is 0 Å². The minimum Gasteiger partial charge on any atom is -0.0622 e. The van der Waals surface area contributed by atoms with Gasteiger partial charge in [-0.25, -0.2) is 0 Å². The van der Waals surface area contributed by atoms with Gasteiger partial charge >= 0.3 is 0 Å². The van der Waals surface area contributed by atoms with E-state index < -0.39 is 5.41 Å². The van der Waals surface area contributed by atoms with E-state index in [1.54, 1.807) is 0 Å². The lowest BCUT2D eigenvalue weighted by molar-refractivity contribution is 0.769. The highest BCUT2D eigenvalue weighted by Gasteiger charge is 2.46. The lowest BCUT2D eigenvalue weighted by Gasteiger charge is -2.34. The smallest absolute Gasteiger partial charge is 0.0622 e. The molecule has 0 saturated carbocycles. The van der Waals surface area contributed by atoms with Gasteiger partial charge in [-0.1, -0.05) is 188 Å². The summed E-state index contributed by atoms with van der Waals surface area (Å²) in [5.74, 6) is 0. The highest BCUT2D eigenvalue weighted by atomic mass is 14.5. The van der Waals surface area contributed by atoms with Gasteiger partial charge < -0.3 is 0 Å². The average molecular weight is 747 g/mol. The van der Waals surface area contributed by atoms with Gasteiger partial charge in [0.05, 0.1) is 5.41 Å². The molecule has 0 nitrogen and oxygen atoms in total. The fraction of sp³-hybridized carbons (Fsp3) is 0.0169. The Labute approximate surface area is 344 Å². The van der Waals surface area contributed by atoms with Crippen LogP contribution in [0.25, 0.3) is 88.0 Å². The zero-order valence-corrected chi connectivity index (χ0v) is 32.4. The zero-order valence-electron chi connectivity index (χ0n) is 32.4. The van der Waals surface area contributed by atoms with Gasteiger partial charge in [0.1, 0.15) is 0 Å². The third-order valence-corrected chi connectivity index (χ3v) is 12.8. The molecule has 12 rings (SSSR count). The Hall–Kier alpha value is -7.54. The summed E-state index contributed by atoms with van der Waals surface area (Å²) >= 11 is 0. The molecule has 0 radical (unpaired) electrons. The number of fused-ring (bicyclic) bond motifs is 3. The predicted molar refractivity (Wildman–Crippen MR) is 249 cm³/mol. The van der Waals surface area contributed by atoms with Gasteiger partial charge in [0, 0.05) is 0 Å². The Bertz CT molecular complexity index is 3180. The van der Waals surface area contributed by atoms with E-state index in [1.807, 2.05) is 0 Å².